The summed E-state index contributed by atoms with van der Waals surface area (Å²) in [7, 11) is 0. The van der Waals surface area contributed by atoms with Gasteiger partial charge < -0.3 is 14.2 Å². The molecule has 0 aromatic carbocycles. The number of carbonyl (C=O) groups excluding carboxylic acids is 3. The monoisotopic (exact) mass is 452 g/mol. The summed E-state index contributed by atoms with van der Waals surface area (Å²) in [6.07, 6.45) is -1.54. The zero-order valence-corrected chi connectivity index (χ0v) is 17.9. The Morgan fingerprint density at radius 2 is 1.23 bits per heavy atom. The molecule has 0 amide bonds. The van der Waals surface area contributed by atoms with E-state index in [9.17, 15) is 31.9 Å². The van der Waals surface area contributed by atoms with Crippen molar-refractivity contribution in [3.63, 3.8) is 0 Å². The molecule has 4 aliphatic carbocycles. The van der Waals surface area contributed by atoms with E-state index >= 15 is 0 Å². The molecule has 0 unspecified atom stereocenters. The van der Waals surface area contributed by atoms with Crippen molar-refractivity contribution in [2.75, 3.05) is 13.2 Å². The van der Waals surface area contributed by atoms with Crippen molar-refractivity contribution in [1.82, 2.24) is 0 Å². The first kappa shape index (κ1) is 23.8. The lowest BCUT2D eigenvalue weighted by atomic mass is 9.49. The zero-order chi connectivity index (χ0) is 23.2. The fraction of sp³-hybridized carbons (Fsp3) is 0.857. The minimum Gasteiger partial charge on any atom is -0.462 e. The summed E-state index contributed by atoms with van der Waals surface area (Å²) in [5.41, 5.74) is -2.05. The first-order valence-electron chi connectivity index (χ1n) is 10.5. The Bertz CT molecular complexity index is 707. The number of hydrogen-bond donors (Lipinski definition) is 0. The van der Waals surface area contributed by atoms with E-state index in [0.717, 1.165) is 19.3 Å². The quantitative estimate of drug-likeness (QED) is 0.250. The van der Waals surface area contributed by atoms with Crippen molar-refractivity contribution >= 4 is 17.9 Å². The molecule has 0 heterocycles. The molecule has 4 rings (SSSR count). The van der Waals surface area contributed by atoms with Crippen molar-refractivity contribution in [1.29, 1.82) is 0 Å². The van der Waals surface area contributed by atoms with Crippen LogP contribution in [-0.2, 0) is 28.6 Å². The van der Waals surface area contributed by atoms with Crippen LogP contribution in [0.15, 0.2) is 0 Å². The molecule has 0 atom stereocenters. The van der Waals surface area contributed by atoms with E-state index in [-0.39, 0.29) is 17.8 Å². The molecule has 4 fully saturated rings. The summed E-state index contributed by atoms with van der Waals surface area (Å²) in [4.78, 5) is 35.7. The molecule has 0 saturated heterocycles. The minimum atomic E-state index is -5.38. The first-order valence-corrected chi connectivity index (χ1v) is 10.5. The van der Waals surface area contributed by atoms with Gasteiger partial charge in [0.1, 0.15) is 13.2 Å². The second-order valence-electron chi connectivity index (χ2n) is 10.2. The predicted octanol–water partition coefficient (Wildman–Crippen LogP) is 4.11. The Morgan fingerprint density at radius 3 is 1.65 bits per heavy atom. The van der Waals surface area contributed by atoms with E-state index in [2.05, 4.69) is 9.47 Å². The smallest absolute Gasteiger partial charge is 0.462 e. The van der Waals surface area contributed by atoms with E-state index in [1.807, 2.05) is 0 Å². The van der Waals surface area contributed by atoms with Crippen LogP contribution in [0.2, 0.25) is 0 Å². The van der Waals surface area contributed by atoms with Crippen LogP contribution in [-0.4, -0.2) is 43.2 Å². The second kappa shape index (κ2) is 7.92. The summed E-state index contributed by atoms with van der Waals surface area (Å²) < 4.78 is 69.5. The Hall–Kier alpha value is -1.87. The molecule has 31 heavy (non-hydrogen) atoms. The van der Waals surface area contributed by atoms with Crippen molar-refractivity contribution in [3.05, 3.63) is 0 Å². The number of rotatable bonds is 7. The molecule has 176 valence electrons. The third-order valence-corrected chi connectivity index (χ3v) is 6.48. The van der Waals surface area contributed by atoms with E-state index in [1.165, 1.54) is 0 Å². The Labute approximate surface area is 178 Å². The number of ether oxygens (including phenoxy) is 3. The van der Waals surface area contributed by atoms with E-state index in [1.54, 1.807) is 20.8 Å². The lowest BCUT2D eigenvalue weighted by molar-refractivity contribution is -0.330. The molecule has 6 nitrogen and oxygen atoms in total. The Morgan fingerprint density at radius 1 is 0.806 bits per heavy atom. The molecular formula is C21H28F4O6. The number of halogens is 4. The lowest BCUT2D eigenvalue weighted by Crippen LogP contribution is -2.56. The highest BCUT2D eigenvalue weighted by atomic mass is 19.3. The van der Waals surface area contributed by atoms with E-state index in [4.69, 9.17) is 4.74 Å². The molecular weight excluding hydrogens is 424 g/mol. The Balaban J connectivity index is 1.56. The molecule has 0 radical (unpaired) electrons. The maximum atomic E-state index is 14.2. The predicted molar refractivity (Wildman–Crippen MR) is 98.0 cm³/mol. The molecule has 4 saturated carbocycles. The van der Waals surface area contributed by atoms with Crippen molar-refractivity contribution < 1.29 is 46.2 Å². The van der Waals surface area contributed by atoms with Gasteiger partial charge in [-0.1, -0.05) is 0 Å². The summed E-state index contributed by atoms with van der Waals surface area (Å²) in [5, 5.41) is 0. The number of esters is 3. The molecule has 0 spiro atoms. The third-order valence-electron chi connectivity index (χ3n) is 6.48. The lowest BCUT2D eigenvalue weighted by Gasteiger charge is -2.55. The molecule has 0 aliphatic heterocycles. The maximum Gasteiger partial charge on any atom is 0.478 e. The highest BCUT2D eigenvalue weighted by Gasteiger charge is 2.69. The van der Waals surface area contributed by atoms with Gasteiger partial charge in [0.2, 0.25) is 0 Å². The number of alkyl halides is 4. The number of carbonyl (C=O) groups is 3. The minimum absolute atomic E-state index is 0.216. The van der Waals surface area contributed by atoms with Gasteiger partial charge in [0.05, 0.1) is 10.8 Å². The van der Waals surface area contributed by atoms with Crippen molar-refractivity contribution in [2.24, 2.45) is 28.6 Å². The van der Waals surface area contributed by atoms with Crippen LogP contribution < -0.4 is 0 Å². The van der Waals surface area contributed by atoms with Gasteiger partial charge in [-0.2, -0.15) is 17.6 Å². The van der Waals surface area contributed by atoms with Gasteiger partial charge in [0.15, 0.2) is 0 Å². The molecule has 4 bridgehead atoms. The second-order valence-corrected chi connectivity index (χ2v) is 10.2. The van der Waals surface area contributed by atoms with Gasteiger partial charge in [-0.15, -0.1) is 0 Å². The van der Waals surface area contributed by atoms with Gasteiger partial charge in [-0.25, -0.2) is 4.79 Å². The molecule has 0 aromatic rings. The van der Waals surface area contributed by atoms with Gasteiger partial charge in [-0.05, 0) is 77.0 Å². The van der Waals surface area contributed by atoms with Crippen LogP contribution in [0.5, 0.6) is 0 Å². The third kappa shape index (κ3) is 4.67. The molecule has 0 aromatic heterocycles. The topological polar surface area (TPSA) is 78.9 Å². The van der Waals surface area contributed by atoms with E-state index < -0.39 is 54.0 Å². The highest BCUT2D eigenvalue weighted by Crippen LogP contribution is 2.61. The fourth-order valence-electron chi connectivity index (χ4n) is 5.34. The van der Waals surface area contributed by atoms with Crippen LogP contribution >= 0.6 is 0 Å². The molecule has 0 N–H and O–H groups in total. The molecule has 4 aliphatic rings. The van der Waals surface area contributed by atoms with Crippen LogP contribution in [0, 0.1) is 28.6 Å². The number of hydrogen-bond acceptors (Lipinski definition) is 6. The van der Waals surface area contributed by atoms with Crippen LogP contribution in [0.1, 0.15) is 59.3 Å². The first-order chi connectivity index (χ1) is 14.2. The average molecular weight is 452 g/mol. The van der Waals surface area contributed by atoms with Crippen LogP contribution in [0.25, 0.3) is 0 Å². The standard InChI is InChI=1S/C21H28F4O6/c1-18(2,3)15(26)29-4-5-30-17(28)20(22,23)21(24,25)31-16(27)19-9-12-6-13(10-19)8-14(7-12)11-19/h12-14H,4-11H2,1-3H3. The largest absolute Gasteiger partial charge is 0.478 e. The van der Waals surface area contributed by atoms with Gasteiger partial charge in [0, 0.05) is 0 Å². The van der Waals surface area contributed by atoms with Crippen LogP contribution in [0.4, 0.5) is 17.6 Å². The molecule has 10 heteroatoms. The summed E-state index contributed by atoms with van der Waals surface area (Å²) in [6.45, 7) is 3.24. The van der Waals surface area contributed by atoms with Crippen LogP contribution in [0.3, 0.4) is 0 Å². The zero-order valence-electron chi connectivity index (χ0n) is 17.9. The van der Waals surface area contributed by atoms with Gasteiger partial charge >= 0.3 is 29.9 Å². The highest BCUT2D eigenvalue weighted by molar-refractivity contribution is 5.81. The van der Waals surface area contributed by atoms with Crippen molar-refractivity contribution in [3.8, 4) is 0 Å². The average Bonchev–Trinajstić information content (AvgIpc) is 2.62. The SMILES string of the molecule is CC(C)(C)C(=O)OCCOC(=O)C(F)(F)C(F)(F)OC(=O)C12CC3CC(CC(C3)C1)C2. The van der Waals surface area contributed by atoms with Gasteiger partial charge in [0.25, 0.3) is 0 Å². The van der Waals surface area contributed by atoms with Crippen molar-refractivity contribution in [2.45, 2.75) is 71.3 Å². The Kier molecular flexibility index (Phi) is 6.08. The summed E-state index contributed by atoms with van der Waals surface area (Å²) in [5.74, 6) is -9.33. The summed E-state index contributed by atoms with van der Waals surface area (Å²) >= 11 is 0. The fourth-order valence-corrected chi connectivity index (χ4v) is 5.34. The maximum absolute atomic E-state index is 14.2. The summed E-state index contributed by atoms with van der Waals surface area (Å²) in [6, 6.07) is 0. The normalized spacial score (nSPS) is 30.1. The van der Waals surface area contributed by atoms with E-state index in [0.29, 0.717) is 19.3 Å². The van der Waals surface area contributed by atoms with Gasteiger partial charge in [-0.3, -0.25) is 9.59 Å².